The molecule has 1 saturated carbocycles. The molecule has 0 amide bonds. The Morgan fingerprint density at radius 3 is 2.41 bits per heavy atom. The van der Waals surface area contributed by atoms with Crippen LogP contribution in [0.4, 0.5) is 0 Å². The van der Waals surface area contributed by atoms with E-state index < -0.39 is 0 Å². The van der Waals surface area contributed by atoms with Gasteiger partial charge in [0.25, 0.3) is 0 Å². The maximum absolute atomic E-state index is 4.02. The Hall–Kier alpha value is -0.970. The molecule has 1 fully saturated rings. The van der Waals surface area contributed by atoms with Crippen molar-refractivity contribution in [1.82, 2.24) is 25.9 Å². The summed E-state index contributed by atoms with van der Waals surface area (Å²) < 4.78 is 0. The summed E-state index contributed by atoms with van der Waals surface area (Å²) in [7, 11) is 0. The Balaban J connectivity index is 1.78. The zero-order chi connectivity index (χ0) is 12.3. The molecule has 5 nitrogen and oxygen atoms in total. The first-order chi connectivity index (χ1) is 8.16. The van der Waals surface area contributed by atoms with Crippen LogP contribution in [0.2, 0.25) is 0 Å². The van der Waals surface area contributed by atoms with E-state index in [0.717, 1.165) is 17.7 Å². The Morgan fingerprint density at radius 1 is 1.18 bits per heavy atom. The molecule has 0 aromatic carbocycles. The summed E-state index contributed by atoms with van der Waals surface area (Å²) >= 11 is 0. The molecule has 0 saturated heterocycles. The number of tetrazole rings is 1. The van der Waals surface area contributed by atoms with E-state index in [0.29, 0.717) is 6.04 Å². The summed E-state index contributed by atoms with van der Waals surface area (Å²) in [5, 5.41) is 17.7. The van der Waals surface area contributed by atoms with E-state index in [4.69, 9.17) is 0 Å². The van der Waals surface area contributed by atoms with Crippen molar-refractivity contribution in [2.75, 3.05) is 0 Å². The van der Waals surface area contributed by atoms with Crippen LogP contribution in [0.25, 0.3) is 0 Å². The molecule has 0 spiro atoms. The number of aromatic amines is 1. The van der Waals surface area contributed by atoms with E-state index in [1.165, 1.54) is 25.7 Å². The number of hydrogen-bond donors (Lipinski definition) is 2. The topological polar surface area (TPSA) is 66.5 Å². The highest BCUT2D eigenvalue weighted by Gasteiger charge is 2.24. The molecule has 0 bridgehead atoms. The Kier molecular flexibility index (Phi) is 4.10. The van der Waals surface area contributed by atoms with Crippen LogP contribution in [0.15, 0.2) is 0 Å². The van der Waals surface area contributed by atoms with Gasteiger partial charge in [-0.25, -0.2) is 0 Å². The zero-order valence-corrected chi connectivity index (χ0v) is 11.0. The van der Waals surface area contributed by atoms with Gasteiger partial charge in [-0.2, -0.15) is 5.21 Å². The standard InChI is InChI=1S/C12H23N5/c1-8(2)10-4-6-11(7-5-10)13-9(3)12-14-16-17-15-12/h8-11,13H,4-7H2,1-3H3,(H,14,15,16,17). The smallest absolute Gasteiger partial charge is 0.191 e. The molecule has 2 rings (SSSR count). The first-order valence-electron chi connectivity index (χ1n) is 6.66. The number of nitrogens with zero attached hydrogens (tertiary/aromatic N) is 3. The van der Waals surface area contributed by atoms with Crippen LogP contribution in [0, 0.1) is 11.8 Å². The van der Waals surface area contributed by atoms with Crippen molar-refractivity contribution in [2.45, 2.75) is 58.5 Å². The van der Waals surface area contributed by atoms with Crippen molar-refractivity contribution in [1.29, 1.82) is 0 Å². The average molecular weight is 237 g/mol. The summed E-state index contributed by atoms with van der Waals surface area (Å²) in [4.78, 5) is 0. The predicted molar refractivity (Wildman–Crippen MR) is 66.3 cm³/mol. The second-order valence-electron chi connectivity index (χ2n) is 5.51. The van der Waals surface area contributed by atoms with Crippen LogP contribution in [0.5, 0.6) is 0 Å². The lowest BCUT2D eigenvalue weighted by Crippen LogP contribution is -2.36. The normalized spacial score (nSPS) is 27.3. The van der Waals surface area contributed by atoms with Crippen molar-refractivity contribution in [3.8, 4) is 0 Å². The summed E-state index contributed by atoms with van der Waals surface area (Å²) in [5.74, 6) is 2.50. The van der Waals surface area contributed by atoms with Gasteiger partial charge in [0.15, 0.2) is 5.82 Å². The number of rotatable bonds is 4. The third-order valence-electron chi connectivity index (χ3n) is 3.95. The second kappa shape index (κ2) is 5.58. The molecule has 1 unspecified atom stereocenters. The molecule has 1 atom stereocenters. The molecule has 5 heteroatoms. The minimum Gasteiger partial charge on any atom is -0.305 e. The highest BCUT2D eigenvalue weighted by atomic mass is 15.5. The molecule has 2 N–H and O–H groups in total. The predicted octanol–water partition coefficient (Wildman–Crippen LogP) is 2.07. The molecule has 1 aliphatic carbocycles. The summed E-state index contributed by atoms with van der Waals surface area (Å²) in [6.45, 7) is 6.76. The van der Waals surface area contributed by atoms with Crippen LogP contribution < -0.4 is 5.32 Å². The largest absolute Gasteiger partial charge is 0.305 e. The molecule has 0 aliphatic heterocycles. The van der Waals surface area contributed by atoms with Gasteiger partial charge in [-0.05, 0) is 44.4 Å². The van der Waals surface area contributed by atoms with E-state index in [1.54, 1.807) is 0 Å². The van der Waals surface area contributed by atoms with Gasteiger partial charge < -0.3 is 5.32 Å². The van der Waals surface area contributed by atoms with E-state index in [-0.39, 0.29) is 6.04 Å². The minimum absolute atomic E-state index is 0.189. The van der Waals surface area contributed by atoms with Crippen LogP contribution in [-0.2, 0) is 0 Å². The van der Waals surface area contributed by atoms with Crippen molar-refractivity contribution in [3.05, 3.63) is 5.82 Å². The summed E-state index contributed by atoms with van der Waals surface area (Å²) in [5.41, 5.74) is 0. The Labute approximate surface area is 103 Å². The van der Waals surface area contributed by atoms with Crippen molar-refractivity contribution in [3.63, 3.8) is 0 Å². The average Bonchev–Trinajstić information content (AvgIpc) is 2.83. The van der Waals surface area contributed by atoms with Crippen LogP contribution >= 0.6 is 0 Å². The molecule has 1 aliphatic rings. The number of hydrogen-bond acceptors (Lipinski definition) is 4. The Bertz CT molecular complexity index is 314. The van der Waals surface area contributed by atoms with Gasteiger partial charge in [-0.1, -0.05) is 19.1 Å². The fourth-order valence-corrected chi connectivity index (χ4v) is 2.73. The maximum Gasteiger partial charge on any atom is 0.191 e. The fraction of sp³-hybridized carbons (Fsp3) is 0.917. The first-order valence-corrected chi connectivity index (χ1v) is 6.66. The second-order valence-corrected chi connectivity index (χ2v) is 5.51. The number of aromatic nitrogens is 4. The van der Waals surface area contributed by atoms with Gasteiger partial charge in [-0.15, -0.1) is 10.2 Å². The summed E-state index contributed by atoms with van der Waals surface area (Å²) in [6, 6.07) is 0.799. The monoisotopic (exact) mass is 237 g/mol. The lowest BCUT2D eigenvalue weighted by molar-refractivity contribution is 0.229. The zero-order valence-electron chi connectivity index (χ0n) is 11.0. The molecule has 1 aromatic heterocycles. The van der Waals surface area contributed by atoms with E-state index >= 15 is 0 Å². The molecule has 96 valence electrons. The van der Waals surface area contributed by atoms with Crippen molar-refractivity contribution < 1.29 is 0 Å². The first kappa shape index (κ1) is 12.5. The van der Waals surface area contributed by atoms with Crippen molar-refractivity contribution in [2.24, 2.45) is 11.8 Å². The molecular weight excluding hydrogens is 214 g/mol. The lowest BCUT2D eigenvalue weighted by Gasteiger charge is -2.32. The Morgan fingerprint density at radius 2 is 1.88 bits per heavy atom. The van der Waals surface area contributed by atoms with Gasteiger partial charge >= 0.3 is 0 Å². The third-order valence-corrected chi connectivity index (χ3v) is 3.95. The number of H-pyrrole nitrogens is 1. The number of nitrogens with one attached hydrogen (secondary N) is 2. The highest BCUT2D eigenvalue weighted by Crippen LogP contribution is 2.30. The minimum atomic E-state index is 0.189. The van der Waals surface area contributed by atoms with Crippen LogP contribution in [0.1, 0.15) is 58.3 Å². The maximum atomic E-state index is 4.02. The van der Waals surface area contributed by atoms with Crippen molar-refractivity contribution >= 4 is 0 Å². The fourth-order valence-electron chi connectivity index (χ4n) is 2.73. The quantitative estimate of drug-likeness (QED) is 0.841. The molecule has 1 heterocycles. The lowest BCUT2D eigenvalue weighted by atomic mass is 9.79. The van der Waals surface area contributed by atoms with Gasteiger partial charge in [-0.3, -0.25) is 0 Å². The van der Waals surface area contributed by atoms with Gasteiger partial charge in [0, 0.05) is 6.04 Å². The highest BCUT2D eigenvalue weighted by molar-refractivity contribution is 4.89. The van der Waals surface area contributed by atoms with Gasteiger partial charge in [0.2, 0.25) is 0 Å². The SMILES string of the molecule is CC(NC1CCC(C(C)C)CC1)c1nn[nH]n1. The third kappa shape index (κ3) is 3.25. The van der Waals surface area contributed by atoms with Gasteiger partial charge in [0.1, 0.15) is 0 Å². The molecular formula is C12H23N5. The van der Waals surface area contributed by atoms with Gasteiger partial charge in [0.05, 0.1) is 6.04 Å². The molecule has 1 aromatic rings. The summed E-state index contributed by atoms with van der Waals surface area (Å²) in [6.07, 6.45) is 5.22. The van der Waals surface area contributed by atoms with E-state index in [2.05, 4.69) is 46.7 Å². The van der Waals surface area contributed by atoms with Crippen LogP contribution in [0.3, 0.4) is 0 Å². The molecule has 17 heavy (non-hydrogen) atoms. The van der Waals surface area contributed by atoms with E-state index in [1.807, 2.05) is 0 Å². The van der Waals surface area contributed by atoms with Crippen LogP contribution in [-0.4, -0.2) is 26.7 Å². The van der Waals surface area contributed by atoms with E-state index in [9.17, 15) is 0 Å². The molecule has 0 radical (unpaired) electrons.